The van der Waals surface area contributed by atoms with Crippen LogP contribution in [0.25, 0.3) is 10.9 Å². The van der Waals surface area contributed by atoms with Gasteiger partial charge < -0.3 is 0 Å². The third kappa shape index (κ3) is 4.39. The maximum atomic E-state index is 13.0. The molecular weight excluding hydrogens is 416 g/mol. The predicted molar refractivity (Wildman–Crippen MR) is 127 cm³/mol. The molecule has 0 atom stereocenters. The van der Waals surface area contributed by atoms with E-state index >= 15 is 0 Å². The van der Waals surface area contributed by atoms with Gasteiger partial charge in [0.25, 0.3) is 11.5 Å². The second-order valence-electron chi connectivity index (χ2n) is 8.76. The molecule has 2 aliphatic rings. The first-order chi connectivity index (χ1) is 16.1. The Balaban J connectivity index is 1.33. The van der Waals surface area contributed by atoms with E-state index in [1.165, 1.54) is 40.8 Å². The lowest BCUT2D eigenvalue weighted by Gasteiger charge is -2.23. The molecule has 1 aromatic heterocycles. The molecule has 2 aromatic carbocycles. The zero-order valence-electron chi connectivity index (χ0n) is 18.3. The molecular formula is C26H26N4O3. The van der Waals surface area contributed by atoms with Gasteiger partial charge in [0.15, 0.2) is 0 Å². The lowest BCUT2D eigenvalue weighted by Crippen LogP contribution is -2.37. The van der Waals surface area contributed by atoms with Crippen LogP contribution in [0.1, 0.15) is 48.0 Å². The van der Waals surface area contributed by atoms with Gasteiger partial charge in [-0.2, -0.15) is 0 Å². The SMILES string of the molecule is O=C(c1cccc(Cn2c(=O)[nH]c(=O)c3ccccc32)c1)N1C=CC(CC2CCCC2)=CN1. The second-order valence-corrected chi connectivity index (χ2v) is 8.76. The molecule has 0 bridgehead atoms. The summed E-state index contributed by atoms with van der Waals surface area (Å²) in [5.74, 6) is 0.567. The molecule has 33 heavy (non-hydrogen) atoms. The monoisotopic (exact) mass is 442 g/mol. The predicted octanol–water partition coefficient (Wildman–Crippen LogP) is 3.68. The molecule has 5 rings (SSSR count). The van der Waals surface area contributed by atoms with Crippen molar-refractivity contribution in [1.29, 1.82) is 0 Å². The Morgan fingerprint density at radius 2 is 1.85 bits per heavy atom. The molecule has 2 heterocycles. The Bertz CT molecular complexity index is 1380. The molecule has 2 N–H and O–H groups in total. The molecule has 1 fully saturated rings. The van der Waals surface area contributed by atoms with Crippen molar-refractivity contribution < 1.29 is 4.79 Å². The fourth-order valence-electron chi connectivity index (χ4n) is 4.74. The van der Waals surface area contributed by atoms with Crippen molar-refractivity contribution in [3.05, 3.63) is 105 Å². The van der Waals surface area contributed by atoms with Gasteiger partial charge in [0.05, 0.1) is 17.4 Å². The molecule has 168 valence electrons. The van der Waals surface area contributed by atoms with E-state index in [-0.39, 0.29) is 12.5 Å². The number of rotatable bonds is 5. The number of carbonyl (C=O) groups is 1. The van der Waals surface area contributed by atoms with Crippen LogP contribution < -0.4 is 16.7 Å². The number of H-pyrrole nitrogens is 1. The molecule has 7 heteroatoms. The van der Waals surface area contributed by atoms with Crippen LogP contribution in [0.2, 0.25) is 0 Å². The molecule has 0 unspecified atom stereocenters. The van der Waals surface area contributed by atoms with Crippen molar-refractivity contribution in [2.45, 2.75) is 38.6 Å². The quantitative estimate of drug-likeness (QED) is 0.631. The molecule has 0 spiro atoms. The number of allylic oxidation sites excluding steroid dienone is 2. The van der Waals surface area contributed by atoms with E-state index in [1.807, 2.05) is 18.3 Å². The van der Waals surface area contributed by atoms with Crippen molar-refractivity contribution in [3.63, 3.8) is 0 Å². The minimum absolute atomic E-state index is 0.178. The second kappa shape index (κ2) is 8.94. The third-order valence-electron chi connectivity index (χ3n) is 6.46. The maximum absolute atomic E-state index is 13.0. The number of aromatic amines is 1. The average Bonchev–Trinajstić information content (AvgIpc) is 3.35. The van der Waals surface area contributed by atoms with Gasteiger partial charge >= 0.3 is 5.69 Å². The van der Waals surface area contributed by atoms with E-state index in [0.29, 0.717) is 16.5 Å². The highest BCUT2D eigenvalue weighted by molar-refractivity contribution is 5.95. The van der Waals surface area contributed by atoms with Gasteiger partial charge in [-0.25, -0.2) is 9.80 Å². The van der Waals surface area contributed by atoms with E-state index in [2.05, 4.69) is 10.4 Å². The number of benzene rings is 2. The van der Waals surface area contributed by atoms with Gasteiger partial charge in [-0.1, -0.05) is 49.9 Å². The lowest BCUT2D eigenvalue weighted by atomic mass is 9.98. The summed E-state index contributed by atoms with van der Waals surface area (Å²) in [4.78, 5) is 40.0. The molecule has 3 aromatic rings. The third-order valence-corrected chi connectivity index (χ3v) is 6.46. The van der Waals surface area contributed by atoms with Gasteiger partial charge in [0.1, 0.15) is 0 Å². The first kappa shape index (κ1) is 21.0. The Morgan fingerprint density at radius 1 is 1.03 bits per heavy atom. The Labute approximate surface area is 191 Å². The summed E-state index contributed by atoms with van der Waals surface area (Å²) in [6.07, 6.45) is 11.9. The summed E-state index contributed by atoms with van der Waals surface area (Å²) in [5.41, 5.74) is 5.28. The molecule has 0 radical (unpaired) electrons. The van der Waals surface area contributed by atoms with Crippen molar-refractivity contribution in [3.8, 4) is 0 Å². The van der Waals surface area contributed by atoms with Crippen LogP contribution in [0.4, 0.5) is 0 Å². The topological polar surface area (TPSA) is 87.2 Å². The van der Waals surface area contributed by atoms with Gasteiger partial charge in [-0.3, -0.25) is 24.6 Å². The highest BCUT2D eigenvalue weighted by Gasteiger charge is 2.19. The number of nitrogens with one attached hydrogen (secondary N) is 2. The number of amides is 1. The van der Waals surface area contributed by atoms with Crippen LogP contribution in [0.5, 0.6) is 0 Å². The number of carbonyl (C=O) groups excluding carboxylic acids is 1. The Kier molecular flexibility index (Phi) is 5.69. The molecule has 7 nitrogen and oxygen atoms in total. The fraction of sp³-hybridized carbons (Fsp3) is 0.269. The Hall–Kier alpha value is -3.87. The van der Waals surface area contributed by atoms with E-state index in [4.69, 9.17) is 0 Å². The van der Waals surface area contributed by atoms with Gasteiger partial charge in [-0.15, -0.1) is 0 Å². The molecule has 0 saturated heterocycles. The molecule has 1 amide bonds. The number of fused-ring (bicyclic) bond motifs is 1. The number of hydrazine groups is 1. The van der Waals surface area contributed by atoms with Crippen LogP contribution in [0.15, 0.2) is 82.2 Å². The average molecular weight is 443 g/mol. The fourth-order valence-corrected chi connectivity index (χ4v) is 4.74. The van der Waals surface area contributed by atoms with E-state index in [9.17, 15) is 14.4 Å². The summed E-state index contributed by atoms with van der Waals surface area (Å²) in [6, 6.07) is 14.2. The Morgan fingerprint density at radius 3 is 2.64 bits per heavy atom. The zero-order chi connectivity index (χ0) is 22.8. The van der Waals surface area contributed by atoms with Gasteiger partial charge in [0, 0.05) is 18.0 Å². The van der Waals surface area contributed by atoms with Crippen LogP contribution >= 0.6 is 0 Å². The maximum Gasteiger partial charge on any atom is 0.329 e. The number of para-hydroxylation sites is 1. The zero-order valence-corrected chi connectivity index (χ0v) is 18.3. The smallest absolute Gasteiger partial charge is 0.299 e. The summed E-state index contributed by atoms with van der Waals surface area (Å²) in [7, 11) is 0. The van der Waals surface area contributed by atoms with Crippen molar-refractivity contribution in [2.24, 2.45) is 5.92 Å². The van der Waals surface area contributed by atoms with Crippen molar-refractivity contribution >= 4 is 16.8 Å². The van der Waals surface area contributed by atoms with Crippen LogP contribution in [0, 0.1) is 5.92 Å². The highest BCUT2D eigenvalue weighted by Crippen LogP contribution is 2.30. The van der Waals surface area contributed by atoms with E-state index in [1.54, 1.807) is 48.7 Å². The molecule has 1 aliphatic carbocycles. The number of hydrogen-bond acceptors (Lipinski definition) is 4. The lowest BCUT2D eigenvalue weighted by molar-refractivity contribution is 0.0778. The standard InChI is InChI=1S/C26H26N4O3/c31-24-22-10-3-4-11-23(22)29(26(33)28-24)17-20-8-5-9-21(15-20)25(32)30-13-12-19(16-27-30)14-18-6-1-2-7-18/h3-5,8-13,15-16,18,27H,1-2,6-7,14,17H2,(H,28,31,33). The first-order valence-corrected chi connectivity index (χ1v) is 11.4. The minimum atomic E-state index is -0.476. The molecule has 1 saturated carbocycles. The minimum Gasteiger partial charge on any atom is -0.299 e. The van der Waals surface area contributed by atoms with Crippen LogP contribution in [-0.2, 0) is 6.54 Å². The number of nitrogens with zero attached hydrogens (tertiary/aromatic N) is 2. The van der Waals surface area contributed by atoms with Crippen LogP contribution in [0.3, 0.4) is 0 Å². The van der Waals surface area contributed by atoms with Crippen LogP contribution in [-0.4, -0.2) is 20.5 Å². The largest absolute Gasteiger partial charge is 0.329 e. The first-order valence-electron chi connectivity index (χ1n) is 11.4. The van der Waals surface area contributed by atoms with Crippen molar-refractivity contribution in [1.82, 2.24) is 20.0 Å². The highest BCUT2D eigenvalue weighted by atomic mass is 16.2. The molecule has 1 aliphatic heterocycles. The van der Waals surface area contributed by atoms with Crippen molar-refractivity contribution in [2.75, 3.05) is 0 Å². The van der Waals surface area contributed by atoms with E-state index < -0.39 is 11.2 Å². The summed E-state index contributed by atoms with van der Waals surface area (Å²) < 4.78 is 1.51. The summed E-state index contributed by atoms with van der Waals surface area (Å²) in [6.45, 7) is 0.242. The normalized spacial score (nSPS) is 16.1. The number of hydrogen-bond donors (Lipinski definition) is 2. The van der Waals surface area contributed by atoms with Gasteiger partial charge in [-0.05, 0) is 53.8 Å². The summed E-state index contributed by atoms with van der Waals surface area (Å²) >= 11 is 0. The van der Waals surface area contributed by atoms with Gasteiger partial charge in [0.2, 0.25) is 0 Å². The van der Waals surface area contributed by atoms with E-state index in [0.717, 1.165) is 17.9 Å². The summed E-state index contributed by atoms with van der Waals surface area (Å²) in [5, 5.41) is 1.92. The number of aromatic nitrogens is 2.